The average molecular weight is 403 g/mol. The second-order valence-electron chi connectivity index (χ2n) is 7.47. The smallest absolute Gasteiger partial charge is 0.226 e. The first-order valence-electron chi connectivity index (χ1n) is 9.92. The Morgan fingerprint density at radius 3 is 2.32 bits per heavy atom. The van der Waals surface area contributed by atoms with Crippen LogP contribution in [0.15, 0.2) is 60.7 Å². The number of aliphatic hydroxyl groups excluding tert-OH is 1. The maximum absolute atomic E-state index is 12.7. The molecule has 0 aromatic heterocycles. The van der Waals surface area contributed by atoms with E-state index in [1.54, 1.807) is 0 Å². The predicted molar refractivity (Wildman–Crippen MR) is 117 cm³/mol. The van der Waals surface area contributed by atoms with Gasteiger partial charge in [-0.05, 0) is 30.0 Å². The van der Waals surface area contributed by atoms with Crippen molar-refractivity contribution in [3.05, 3.63) is 66.2 Å². The van der Waals surface area contributed by atoms with Gasteiger partial charge in [0.2, 0.25) is 5.91 Å². The first-order chi connectivity index (χ1) is 13.1. The summed E-state index contributed by atoms with van der Waals surface area (Å²) in [7, 11) is 0. The molecule has 2 aromatic carbocycles. The highest BCUT2D eigenvalue weighted by atomic mass is 35.5. The van der Waals surface area contributed by atoms with Crippen molar-refractivity contribution in [3.8, 4) is 0 Å². The summed E-state index contributed by atoms with van der Waals surface area (Å²) in [5, 5.41) is 10.5. The monoisotopic (exact) mass is 402 g/mol. The molecule has 28 heavy (non-hydrogen) atoms. The Morgan fingerprint density at radius 1 is 1.14 bits per heavy atom. The van der Waals surface area contributed by atoms with Crippen molar-refractivity contribution in [1.29, 1.82) is 0 Å². The van der Waals surface area contributed by atoms with Crippen molar-refractivity contribution >= 4 is 24.0 Å². The van der Waals surface area contributed by atoms with Crippen LogP contribution in [0.2, 0.25) is 0 Å². The Hall–Kier alpha value is -1.88. The van der Waals surface area contributed by atoms with E-state index in [4.69, 9.17) is 0 Å². The number of halogens is 1. The van der Waals surface area contributed by atoms with E-state index in [9.17, 15) is 9.90 Å². The molecule has 0 bridgehead atoms. The molecule has 1 saturated heterocycles. The van der Waals surface area contributed by atoms with Crippen LogP contribution >= 0.6 is 12.4 Å². The lowest BCUT2D eigenvalue weighted by Crippen LogP contribution is -2.52. The topological polar surface area (TPSA) is 43.8 Å². The van der Waals surface area contributed by atoms with Crippen LogP contribution in [-0.2, 0) is 4.79 Å². The molecule has 3 unspecified atom stereocenters. The number of amides is 1. The van der Waals surface area contributed by atoms with Gasteiger partial charge in [-0.3, -0.25) is 9.69 Å². The summed E-state index contributed by atoms with van der Waals surface area (Å²) in [5.41, 5.74) is 1.94. The number of aliphatic hydroxyl groups is 1. The van der Waals surface area contributed by atoms with Gasteiger partial charge in [-0.15, -0.1) is 12.4 Å². The van der Waals surface area contributed by atoms with E-state index in [0.29, 0.717) is 18.9 Å². The van der Waals surface area contributed by atoms with Gasteiger partial charge in [-0.25, -0.2) is 0 Å². The standard InChI is InChI=1S/C23H30N2O2.ClH/c1-3-23(27)25(20-12-8-5-9-13-20)21-14-15-24(16-18(21)2)17-22(26)19-10-6-4-7-11-19;/h4-13,18,21-22,26H,3,14-17H2,1-2H3;1H. The molecular formula is C23H31ClN2O2. The molecule has 0 radical (unpaired) electrons. The van der Waals surface area contributed by atoms with Gasteiger partial charge in [0, 0.05) is 37.8 Å². The SMILES string of the molecule is CCC(=O)N(c1ccccc1)C1CCN(CC(O)c2ccccc2)CC1C.Cl. The minimum Gasteiger partial charge on any atom is -0.387 e. The molecule has 4 nitrogen and oxygen atoms in total. The van der Waals surface area contributed by atoms with Gasteiger partial charge in [0.25, 0.3) is 0 Å². The zero-order valence-electron chi connectivity index (χ0n) is 16.7. The van der Waals surface area contributed by atoms with E-state index in [0.717, 1.165) is 30.8 Å². The van der Waals surface area contributed by atoms with Crippen molar-refractivity contribution in [3.63, 3.8) is 0 Å². The highest BCUT2D eigenvalue weighted by Crippen LogP contribution is 2.29. The zero-order valence-corrected chi connectivity index (χ0v) is 17.5. The normalized spacial score (nSPS) is 20.8. The third-order valence-corrected chi connectivity index (χ3v) is 5.50. The number of carbonyl (C=O) groups excluding carboxylic acids is 1. The van der Waals surface area contributed by atoms with E-state index in [1.807, 2.05) is 72.5 Å². The van der Waals surface area contributed by atoms with Crippen LogP contribution < -0.4 is 4.90 Å². The number of carbonyl (C=O) groups is 1. The maximum Gasteiger partial charge on any atom is 0.226 e. The maximum atomic E-state index is 12.7. The molecule has 1 aliphatic rings. The number of rotatable bonds is 6. The van der Waals surface area contributed by atoms with Gasteiger partial charge in [-0.1, -0.05) is 62.4 Å². The number of para-hydroxylation sites is 1. The second kappa shape index (κ2) is 10.6. The fourth-order valence-corrected chi connectivity index (χ4v) is 4.07. The first-order valence-corrected chi connectivity index (χ1v) is 9.92. The molecule has 1 amide bonds. The number of hydrogen-bond donors (Lipinski definition) is 1. The Bertz CT molecular complexity index is 726. The summed E-state index contributed by atoms with van der Waals surface area (Å²) in [4.78, 5) is 17.0. The number of piperidine rings is 1. The fraction of sp³-hybridized carbons (Fsp3) is 0.435. The highest BCUT2D eigenvalue weighted by molar-refractivity contribution is 5.93. The summed E-state index contributed by atoms with van der Waals surface area (Å²) in [5.74, 6) is 0.522. The molecule has 152 valence electrons. The van der Waals surface area contributed by atoms with Gasteiger partial charge in [0.05, 0.1) is 6.10 Å². The van der Waals surface area contributed by atoms with E-state index in [-0.39, 0.29) is 24.4 Å². The van der Waals surface area contributed by atoms with Crippen molar-refractivity contribution in [2.24, 2.45) is 5.92 Å². The third-order valence-electron chi connectivity index (χ3n) is 5.50. The lowest BCUT2D eigenvalue weighted by Gasteiger charge is -2.43. The van der Waals surface area contributed by atoms with Crippen molar-refractivity contribution < 1.29 is 9.90 Å². The summed E-state index contributed by atoms with van der Waals surface area (Å²) in [6, 6.07) is 20.0. The number of hydrogen-bond acceptors (Lipinski definition) is 3. The van der Waals surface area contributed by atoms with Gasteiger partial charge in [0.15, 0.2) is 0 Å². The van der Waals surface area contributed by atoms with E-state index in [2.05, 4.69) is 11.8 Å². The largest absolute Gasteiger partial charge is 0.387 e. The lowest BCUT2D eigenvalue weighted by molar-refractivity contribution is -0.119. The highest BCUT2D eigenvalue weighted by Gasteiger charge is 2.34. The first kappa shape index (κ1) is 22.4. The van der Waals surface area contributed by atoms with E-state index < -0.39 is 6.10 Å². The second-order valence-corrected chi connectivity index (χ2v) is 7.47. The van der Waals surface area contributed by atoms with Gasteiger partial charge >= 0.3 is 0 Å². The van der Waals surface area contributed by atoms with Crippen LogP contribution in [0.1, 0.15) is 38.4 Å². The van der Waals surface area contributed by atoms with Crippen molar-refractivity contribution in [2.75, 3.05) is 24.5 Å². The molecule has 5 heteroatoms. The minimum atomic E-state index is -0.475. The molecule has 1 N–H and O–H groups in total. The average Bonchev–Trinajstić information content (AvgIpc) is 2.71. The van der Waals surface area contributed by atoms with Crippen molar-refractivity contribution in [1.82, 2.24) is 4.90 Å². The van der Waals surface area contributed by atoms with Crippen LogP contribution in [0.25, 0.3) is 0 Å². The molecule has 3 rings (SSSR count). The Balaban J connectivity index is 0.00000280. The van der Waals surface area contributed by atoms with Crippen LogP contribution in [-0.4, -0.2) is 41.6 Å². The third kappa shape index (κ3) is 5.34. The number of nitrogens with zero attached hydrogens (tertiary/aromatic N) is 2. The molecule has 0 spiro atoms. The fourth-order valence-electron chi connectivity index (χ4n) is 4.07. The molecule has 1 heterocycles. The van der Waals surface area contributed by atoms with E-state index in [1.165, 1.54) is 0 Å². The Morgan fingerprint density at radius 2 is 1.75 bits per heavy atom. The lowest BCUT2D eigenvalue weighted by atomic mass is 9.91. The van der Waals surface area contributed by atoms with Gasteiger partial charge < -0.3 is 10.0 Å². The molecule has 1 aliphatic heterocycles. The summed E-state index contributed by atoms with van der Waals surface area (Å²) in [6.45, 7) is 6.54. The van der Waals surface area contributed by atoms with Crippen molar-refractivity contribution in [2.45, 2.75) is 38.8 Å². The molecular weight excluding hydrogens is 372 g/mol. The minimum absolute atomic E-state index is 0. The number of likely N-dealkylation sites (tertiary alicyclic amines) is 1. The molecule has 3 atom stereocenters. The summed E-state index contributed by atoms with van der Waals surface area (Å²) < 4.78 is 0. The summed E-state index contributed by atoms with van der Waals surface area (Å²) in [6.07, 6.45) is 0.954. The molecule has 1 fully saturated rings. The van der Waals surface area contributed by atoms with Crippen LogP contribution in [0.4, 0.5) is 5.69 Å². The quantitative estimate of drug-likeness (QED) is 0.783. The molecule has 0 saturated carbocycles. The molecule has 0 aliphatic carbocycles. The predicted octanol–water partition coefficient (Wildman–Crippen LogP) is 4.30. The Kier molecular flexibility index (Phi) is 8.49. The van der Waals surface area contributed by atoms with Gasteiger partial charge in [0.1, 0.15) is 0 Å². The van der Waals surface area contributed by atoms with Gasteiger partial charge in [-0.2, -0.15) is 0 Å². The number of anilines is 1. The Labute approximate surface area is 174 Å². The summed E-state index contributed by atoms with van der Waals surface area (Å²) >= 11 is 0. The van der Waals surface area contributed by atoms with Crippen LogP contribution in [0.3, 0.4) is 0 Å². The van der Waals surface area contributed by atoms with Crippen LogP contribution in [0.5, 0.6) is 0 Å². The van der Waals surface area contributed by atoms with Crippen LogP contribution in [0, 0.1) is 5.92 Å². The zero-order chi connectivity index (χ0) is 19.2. The number of β-amino-alcohol motifs (C(OH)–C–C–N with tert-alkyl or cyclic N) is 1. The number of benzene rings is 2. The van der Waals surface area contributed by atoms with E-state index >= 15 is 0 Å². The molecule has 2 aromatic rings.